The SMILES string of the molecule is O=C(CCSc1nc2ccccc2o1)Nc1ccc(Cl)cn1. The van der Waals surface area contributed by atoms with Crippen molar-refractivity contribution >= 4 is 46.2 Å². The van der Waals surface area contributed by atoms with Gasteiger partial charge in [-0.25, -0.2) is 9.97 Å². The molecular formula is C15H12ClN3O2S. The summed E-state index contributed by atoms with van der Waals surface area (Å²) in [6.45, 7) is 0. The minimum atomic E-state index is -0.113. The molecule has 0 bridgehead atoms. The Bertz CT molecular complexity index is 756. The normalized spacial score (nSPS) is 10.8. The summed E-state index contributed by atoms with van der Waals surface area (Å²) in [5.74, 6) is 0.950. The fourth-order valence-corrected chi connectivity index (χ4v) is 2.68. The second kappa shape index (κ2) is 6.81. The second-order valence-corrected chi connectivity index (χ2v) is 5.94. The molecule has 3 aromatic rings. The van der Waals surface area contributed by atoms with Gasteiger partial charge in [-0.05, 0) is 24.3 Å². The van der Waals surface area contributed by atoms with Gasteiger partial charge in [0, 0.05) is 18.4 Å². The van der Waals surface area contributed by atoms with Gasteiger partial charge in [0.15, 0.2) is 5.58 Å². The highest BCUT2D eigenvalue weighted by molar-refractivity contribution is 7.99. The number of nitrogens with zero attached hydrogens (tertiary/aromatic N) is 2. The standard InChI is InChI=1S/C15H12ClN3O2S/c16-10-5-6-13(17-9-10)19-14(20)7-8-22-15-18-11-3-1-2-4-12(11)21-15/h1-6,9H,7-8H2,(H,17,19,20). The zero-order chi connectivity index (χ0) is 15.4. The Morgan fingerprint density at radius 2 is 2.14 bits per heavy atom. The van der Waals surface area contributed by atoms with Gasteiger partial charge in [0.2, 0.25) is 5.91 Å². The number of pyridine rings is 1. The number of carbonyl (C=O) groups is 1. The van der Waals surface area contributed by atoms with Crippen molar-refractivity contribution in [1.29, 1.82) is 0 Å². The van der Waals surface area contributed by atoms with Crippen LogP contribution in [0.2, 0.25) is 5.02 Å². The fourth-order valence-electron chi connectivity index (χ4n) is 1.80. The summed E-state index contributed by atoms with van der Waals surface area (Å²) in [6.07, 6.45) is 1.83. The number of benzene rings is 1. The number of oxazole rings is 1. The molecule has 1 N–H and O–H groups in total. The lowest BCUT2D eigenvalue weighted by molar-refractivity contribution is -0.115. The third-order valence-corrected chi connectivity index (χ3v) is 3.88. The van der Waals surface area contributed by atoms with Gasteiger partial charge >= 0.3 is 0 Å². The number of anilines is 1. The van der Waals surface area contributed by atoms with E-state index in [1.54, 1.807) is 12.1 Å². The summed E-state index contributed by atoms with van der Waals surface area (Å²) in [6, 6.07) is 10.9. The molecule has 0 aliphatic rings. The first-order valence-electron chi connectivity index (χ1n) is 6.60. The van der Waals surface area contributed by atoms with Gasteiger partial charge in [-0.15, -0.1) is 0 Å². The third-order valence-electron chi connectivity index (χ3n) is 2.82. The molecule has 2 heterocycles. The summed E-state index contributed by atoms with van der Waals surface area (Å²) in [4.78, 5) is 20.2. The van der Waals surface area contributed by atoms with Crippen LogP contribution in [0, 0.1) is 0 Å². The number of thioether (sulfide) groups is 1. The Morgan fingerprint density at radius 3 is 2.91 bits per heavy atom. The van der Waals surface area contributed by atoms with Crippen molar-refractivity contribution in [1.82, 2.24) is 9.97 Å². The molecule has 0 aliphatic heterocycles. The number of hydrogen-bond donors (Lipinski definition) is 1. The number of carbonyl (C=O) groups excluding carboxylic acids is 1. The number of rotatable bonds is 5. The van der Waals surface area contributed by atoms with E-state index in [0.717, 1.165) is 11.1 Å². The van der Waals surface area contributed by atoms with Crippen LogP contribution >= 0.6 is 23.4 Å². The molecule has 0 atom stereocenters. The number of para-hydroxylation sites is 2. The Balaban J connectivity index is 1.49. The molecule has 22 heavy (non-hydrogen) atoms. The minimum absolute atomic E-state index is 0.113. The molecule has 0 saturated carbocycles. The average Bonchev–Trinajstić information content (AvgIpc) is 2.92. The summed E-state index contributed by atoms with van der Waals surface area (Å²) >= 11 is 7.14. The maximum absolute atomic E-state index is 11.8. The van der Waals surface area contributed by atoms with Crippen LogP contribution in [0.1, 0.15) is 6.42 Å². The number of hydrogen-bond acceptors (Lipinski definition) is 5. The molecule has 0 saturated heterocycles. The largest absolute Gasteiger partial charge is 0.431 e. The van der Waals surface area contributed by atoms with Crippen LogP contribution < -0.4 is 5.32 Å². The number of aromatic nitrogens is 2. The van der Waals surface area contributed by atoms with Gasteiger partial charge < -0.3 is 9.73 Å². The zero-order valence-corrected chi connectivity index (χ0v) is 13.0. The molecule has 0 aliphatic carbocycles. The molecule has 2 aromatic heterocycles. The fraction of sp³-hybridized carbons (Fsp3) is 0.133. The van der Waals surface area contributed by atoms with Crippen LogP contribution in [-0.4, -0.2) is 21.6 Å². The van der Waals surface area contributed by atoms with E-state index in [2.05, 4.69) is 15.3 Å². The molecule has 0 fully saturated rings. The minimum Gasteiger partial charge on any atom is -0.431 e. The first kappa shape index (κ1) is 14.9. The van der Waals surface area contributed by atoms with Gasteiger partial charge in [-0.1, -0.05) is 35.5 Å². The average molecular weight is 334 g/mol. The van der Waals surface area contributed by atoms with Crippen molar-refractivity contribution in [2.45, 2.75) is 11.6 Å². The lowest BCUT2D eigenvalue weighted by Gasteiger charge is -2.03. The van der Waals surface area contributed by atoms with Crippen LogP contribution in [-0.2, 0) is 4.79 Å². The molecular weight excluding hydrogens is 322 g/mol. The highest BCUT2D eigenvalue weighted by Crippen LogP contribution is 2.23. The molecule has 1 aromatic carbocycles. The van der Waals surface area contributed by atoms with E-state index in [-0.39, 0.29) is 5.91 Å². The van der Waals surface area contributed by atoms with Gasteiger partial charge in [-0.3, -0.25) is 4.79 Å². The van der Waals surface area contributed by atoms with Crippen LogP contribution in [0.25, 0.3) is 11.1 Å². The predicted octanol–water partition coefficient (Wildman–Crippen LogP) is 4.00. The molecule has 1 amide bonds. The topological polar surface area (TPSA) is 68.0 Å². The number of nitrogens with one attached hydrogen (secondary N) is 1. The Hall–Kier alpha value is -2.05. The highest BCUT2D eigenvalue weighted by atomic mass is 35.5. The molecule has 5 nitrogen and oxygen atoms in total. The number of halogens is 1. The molecule has 7 heteroatoms. The smallest absolute Gasteiger partial charge is 0.256 e. The van der Waals surface area contributed by atoms with E-state index >= 15 is 0 Å². The van der Waals surface area contributed by atoms with Gasteiger partial charge in [0.1, 0.15) is 11.3 Å². The van der Waals surface area contributed by atoms with Crippen molar-refractivity contribution in [3.05, 3.63) is 47.6 Å². The van der Waals surface area contributed by atoms with Crippen molar-refractivity contribution in [3.8, 4) is 0 Å². The number of amides is 1. The van der Waals surface area contributed by atoms with Crippen LogP contribution in [0.3, 0.4) is 0 Å². The maximum Gasteiger partial charge on any atom is 0.256 e. The van der Waals surface area contributed by atoms with Crippen molar-refractivity contribution < 1.29 is 9.21 Å². The van der Waals surface area contributed by atoms with E-state index in [9.17, 15) is 4.79 Å². The summed E-state index contributed by atoms with van der Waals surface area (Å²) in [5.41, 5.74) is 1.57. The third kappa shape index (κ3) is 3.78. The van der Waals surface area contributed by atoms with Crippen molar-refractivity contribution in [3.63, 3.8) is 0 Å². The van der Waals surface area contributed by atoms with E-state index in [1.165, 1.54) is 18.0 Å². The molecule has 3 rings (SSSR count). The van der Waals surface area contributed by atoms with E-state index in [1.807, 2.05) is 24.3 Å². The monoisotopic (exact) mass is 333 g/mol. The first-order valence-corrected chi connectivity index (χ1v) is 7.97. The van der Waals surface area contributed by atoms with Crippen molar-refractivity contribution in [2.24, 2.45) is 0 Å². The van der Waals surface area contributed by atoms with E-state index in [4.69, 9.17) is 16.0 Å². The quantitative estimate of drug-likeness (QED) is 0.715. The Kier molecular flexibility index (Phi) is 4.60. The zero-order valence-electron chi connectivity index (χ0n) is 11.5. The lowest BCUT2D eigenvalue weighted by atomic mass is 10.3. The molecule has 0 unspecified atom stereocenters. The van der Waals surface area contributed by atoms with Crippen LogP contribution in [0.15, 0.2) is 52.2 Å². The van der Waals surface area contributed by atoms with Crippen LogP contribution in [0.4, 0.5) is 5.82 Å². The summed E-state index contributed by atoms with van der Waals surface area (Å²) in [7, 11) is 0. The molecule has 0 radical (unpaired) electrons. The van der Waals surface area contributed by atoms with Crippen molar-refractivity contribution in [2.75, 3.05) is 11.1 Å². The first-order chi connectivity index (χ1) is 10.7. The number of fused-ring (bicyclic) bond motifs is 1. The summed E-state index contributed by atoms with van der Waals surface area (Å²) in [5, 5.41) is 3.81. The Morgan fingerprint density at radius 1 is 1.27 bits per heavy atom. The van der Waals surface area contributed by atoms with E-state index < -0.39 is 0 Å². The second-order valence-electron chi connectivity index (χ2n) is 4.46. The predicted molar refractivity (Wildman–Crippen MR) is 87.2 cm³/mol. The lowest BCUT2D eigenvalue weighted by Crippen LogP contribution is -2.13. The highest BCUT2D eigenvalue weighted by Gasteiger charge is 2.08. The summed E-state index contributed by atoms with van der Waals surface area (Å²) < 4.78 is 5.57. The van der Waals surface area contributed by atoms with Gasteiger partial charge in [0.25, 0.3) is 5.22 Å². The molecule has 0 spiro atoms. The van der Waals surface area contributed by atoms with E-state index in [0.29, 0.717) is 28.2 Å². The maximum atomic E-state index is 11.8. The van der Waals surface area contributed by atoms with Crippen LogP contribution in [0.5, 0.6) is 0 Å². The van der Waals surface area contributed by atoms with Gasteiger partial charge in [0.05, 0.1) is 5.02 Å². The molecule has 112 valence electrons. The van der Waals surface area contributed by atoms with Gasteiger partial charge in [-0.2, -0.15) is 0 Å². The Labute approximate surface area is 136 Å².